The molecular formula is C14H16O5. The molecule has 0 atom stereocenters. The highest BCUT2D eigenvalue weighted by molar-refractivity contribution is 5.88. The van der Waals surface area contributed by atoms with E-state index in [9.17, 15) is 14.7 Å². The lowest BCUT2D eigenvalue weighted by Gasteiger charge is -2.09. The Labute approximate surface area is 111 Å². The monoisotopic (exact) mass is 264 g/mol. The average molecular weight is 264 g/mol. The highest BCUT2D eigenvalue weighted by Crippen LogP contribution is 2.32. The summed E-state index contributed by atoms with van der Waals surface area (Å²) in [5.41, 5.74) is 0.672. The van der Waals surface area contributed by atoms with Crippen LogP contribution in [0.25, 0.3) is 6.08 Å². The smallest absolute Gasteiger partial charge is 0.330 e. The number of hydrogen-bond donors (Lipinski definition) is 1. The first-order chi connectivity index (χ1) is 9.12. The fourth-order valence-electron chi connectivity index (χ4n) is 1.46. The van der Waals surface area contributed by atoms with Gasteiger partial charge in [-0.25, -0.2) is 4.79 Å². The van der Waals surface area contributed by atoms with Gasteiger partial charge in [-0.15, -0.1) is 0 Å². The molecule has 1 N–H and O–H groups in total. The Morgan fingerprint density at radius 2 is 2.05 bits per heavy atom. The van der Waals surface area contributed by atoms with Gasteiger partial charge in [0.25, 0.3) is 0 Å². The molecule has 1 aromatic rings. The molecule has 0 heterocycles. The minimum absolute atomic E-state index is 0.118. The number of phenols is 1. The zero-order valence-corrected chi connectivity index (χ0v) is 10.9. The summed E-state index contributed by atoms with van der Waals surface area (Å²) in [5, 5.41) is 9.94. The van der Waals surface area contributed by atoms with Gasteiger partial charge in [-0.1, -0.05) is 0 Å². The quantitative estimate of drug-likeness (QED) is 0.484. The van der Waals surface area contributed by atoms with E-state index in [-0.39, 0.29) is 18.1 Å². The molecule has 0 saturated carbocycles. The summed E-state index contributed by atoms with van der Waals surface area (Å²) in [6.45, 7) is 4.09. The molecule has 0 fully saturated rings. The van der Waals surface area contributed by atoms with E-state index in [0.29, 0.717) is 24.0 Å². The number of aromatic hydroxyl groups is 1. The predicted molar refractivity (Wildman–Crippen MR) is 70.3 cm³/mol. The predicted octanol–water partition coefficient (Wildman–Crippen LogP) is 2.18. The van der Waals surface area contributed by atoms with Crippen molar-refractivity contribution in [1.82, 2.24) is 0 Å². The minimum atomic E-state index is -0.517. The van der Waals surface area contributed by atoms with E-state index in [1.807, 2.05) is 0 Å². The molecule has 1 aromatic carbocycles. The minimum Gasteiger partial charge on any atom is -0.504 e. The van der Waals surface area contributed by atoms with Crippen molar-refractivity contribution in [2.24, 2.45) is 0 Å². The summed E-state index contributed by atoms with van der Waals surface area (Å²) in [7, 11) is 0. The lowest BCUT2D eigenvalue weighted by atomic mass is 10.1. The SMILES string of the molecule is CCOC(=O)C=Cc1cc(C=O)cc(OCC)c1O. The second-order valence-electron chi connectivity index (χ2n) is 3.59. The maximum Gasteiger partial charge on any atom is 0.330 e. The lowest BCUT2D eigenvalue weighted by molar-refractivity contribution is -0.137. The van der Waals surface area contributed by atoms with Crippen LogP contribution in [-0.4, -0.2) is 30.6 Å². The summed E-state index contributed by atoms with van der Waals surface area (Å²) in [4.78, 5) is 22.0. The van der Waals surface area contributed by atoms with Gasteiger partial charge in [0.15, 0.2) is 11.5 Å². The van der Waals surface area contributed by atoms with Gasteiger partial charge in [-0.2, -0.15) is 0 Å². The number of carbonyl (C=O) groups is 2. The number of carbonyl (C=O) groups excluding carboxylic acids is 2. The Balaban J connectivity index is 3.08. The highest BCUT2D eigenvalue weighted by Gasteiger charge is 2.09. The normalized spacial score (nSPS) is 10.4. The standard InChI is InChI=1S/C14H16O5/c1-3-18-12-8-10(9-15)7-11(14(12)17)5-6-13(16)19-4-2/h5-9,17H,3-4H2,1-2H3. The van der Waals surface area contributed by atoms with E-state index in [1.54, 1.807) is 13.8 Å². The molecule has 0 radical (unpaired) electrons. The largest absolute Gasteiger partial charge is 0.504 e. The van der Waals surface area contributed by atoms with Crippen LogP contribution >= 0.6 is 0 Å². The van der Waals surface area contributed by atoms with Gasteiger partial charge in [0.1, 0.15) is 6.29 Å². The van der Waals surface area contributed by atoms with Crippen LogP contribution in [0.5, 0.6) is 11.5 Å². The van der Waals surface area contributed by atoms with E-state index < -0.39 is 5.97 Å². The Morgan fingerprint density at radius 3 is 2.63 bits per heavy atom. The van der Waals surface area contributed by atoms with Gasteiger partial charge >= 0.3 is 5.97 Å². The van der Waals surface area contributed by atoms with Crippen molar-refractivity contribution in [3.8, 4) is 11.5 Å². The van der Waals surface area contributed by atoms with Crippen LogP contribution in [0.1, 0.15) is 29.8 Å². The summed E-state index contributed by atoms with van der Waals surface area (Å²) in [6, 6.07) is 2.90. The molecule has 5 heteroatoms. The van der Waals surface area contributed by atoms with E-state index in [1.165, 1.54) is 24.3 Å². The Morgan fingerprint density at radius 1 is 1.32 bits per heavy atom. The number of ether oxygens (including phenoxy) is 2. The fraction of sp³-hybridized carbons (Fsp3) is 0.286. The van der Waals surface area contributed by atoms with Gasteiger partial charge in [-0.05, 0) is 32.1 Å². The molecule has 102 valence electrons. The summed E-state index contributed by atoms with van der Waals surface area (Å²) >= 11 is 0. The lowest BCUT2D eigenvalue weighted by Crippen LogP contribution is -1.99. The molecule has 0 aromatic heterocycles. The third kappa shape index (κ3) is 4.13. The molecule has 0 saturated heterocycles. The van der Waals surface area contributed by atoms with E-state index >= 15 is 0 Å². The molecule has 1 rings (SSSR count). The molecule has 0 aliphatic rings. The van der Waals surface area contributed by atoms with E-state index in [4.69, 9.17) is 9.47 Å². The van der Waals surface area contributed by atoms with Gasteiger partial charge in [0.05, 0.1) is 13.2 Å². The molecule has 0 aliphatic heterocycles. The van der Waals surface area contributed by atoms with Crippen LogP contribution in [0, 0.1) is 0 Å². The number of phenolic OH excluding ortho intramolecular Hbond substituents is 1. The third-order valence-electron chi connectivity index (χ3n) is 2.25. The van der Waals surface area contributed by atoms with Crippen molar-refractivity contribution >= 4 is 18.3 Å². The fourth-order valence-corrected chi connectivity index (χ4v) is 1.46. The molecule has 0 aliphatic carbocycles. The number of esters is 1. The second-order valence-corrected chi connectivity index (χ2v) is 3.59. The number of benzene rings is 1. The molecule has 0 unspecified atom stereocenters. The van der Waals surface area contributed by atoms with Crippen molar-refractivity contribution in [3.05, 3.63) is 29.3 Å². The maximum atomic E-state index is 11.2. The van der Waals surface area contributed by atoms with Gasteiger partial charge in [0.2, 0.25) is 0 Å². The Hall–Kier alpha value is -2.30. The van der Waals surface area contributed by atoms with E-state index in [2.05, 4.69) is 0 Å². The van der Waals surface area contributed by atoms with E-state index in [0.717, 1.165) is 0 Å². The first-order valence-electron chi connectivity index (χ1n) is 5.92. The Bertz CT molecular complexity index is 491. The van der Waals surface area contributed by atoms with Crippen LogP contribution in [0.2, 0.25) is 0 Å². The van der Waals surface area contributed by atoms with Crippen molar-refractivity contribution in [2.45, 2.75) is 13.8 Å². The van der Waals surface area contributed by atoms with Gasteiger partial charge in [-0.3, -0.25) is 4.79 Å². The van der Waals surface area contributed by atoms with Crippen molar-refractivity contribution < 1.29 is 24.2 Å². The first-order valence-corrected chi connectivity index (χ1v) is 5.92. The summed E-state index contributed by atoms with van der Waals surface area (Å²) < 4.78 is 9.94. The van der Waals surface area contributed by atoms with Gasteiger partial charge < -0.3 is 14.6 Å². The van der Waals surface area contributed by atoms with Crippen LogP contribution in [-0.2, 0) is 9.53 Å². The van der Waals surface area contributed by atoms with Crippen LogP contribution in [0.4, 0.5) is 0 Å². The summed E-state index contributed by atoms with van der Waals surface area (Å²) in [5.74, 6) is -0.431. The number of aldehydes is 1. The summed E-state index contributed by atoms with van der Waals surface area (Å²) in [6.07, 6.45) is 3.20. The third-order valence-corrected chi connectivity index (χ3v) is 2.25. The zero-order chi connectivity index (χ0) is 14.3. The van der Waals surface area contributed by atoms with Crippen LogP contribution < -0.4 is 4.74 Å². The zero-order valence-electron chi connectivity index (χ0n) is 10.9. The highest BCUT2D eigenvalue weighted by atomic mass is 16.5. The van der Waals surface area contributed by atoms with Crippen LogP contribution in [0.15, 0.2) is 18.2 Å². The number of hydrogen-bond acceptors (Lipinski definition) is 5. The van der Waals surface area contributed by atoms with Crippen LogP contribution in [0.3, 0.4) is 0 Å². The molecule has 5 nitrogen and oxygen atoms in total. The molecule has 0 amide bonds. The van der Waals surface area contributed by atoms with Crippen molar-refractivity contribution in [1.29, 1.82) is 0 Å². The molecule has 0 spiro atoms. The molecule has 19 heavy (non-hydrogen) atoms. The average Bonchev–Trinajstić information content (AvgIpc) is 2.40. The first kappa shape index (κ1) is 14.8. The van der Waals surface area contributed by atoms with Crippen molar-refractivity contribution in [3.63, 3.8) is 0 Å². The second kappa shape index (κ2) is 7.20. The number of rotatable bonds is 6. The van der Waals surface area contributed by atoms with Crippen molar-refractivity contribution in [2.75, 3.05) is 13.2 Å². The maximum absolute atomic E-state index is 11.2. The molecule has 0 bridgehead atoms. The Kier molecular flexibility index (Phi) is 5.60. The topological polar surface area (TPSA) is 72.8 Å². The molecular weight excluding hydrogens is 248 g/mol. The van der Waals surface area contributed by atoms with Gasteiger partial charge in [0, 0.05) is 17.2 Å².